The Morgan fingerprint density at radius 1 is 1.52 bits per heavy atom. The van der Waals surface area contributed by atoms with Crippen molar-refractivity contribution in [3.63, 3.8) is 0 Å². The summed E-state index contributed by atoms with van der Waals surface area (Å²) < 4.78 is 1.74. The number of nitrogen functional groups attached to an aromatic ring is 1. The van der Waals surface area contributed by atoms with Gasteiger partial charge in [0.15, 0.2) is 0 Å². The van der Waals surface area contributed by atoms with E-state index in [9.17, 15) is 9.90 Å². The van der Waals surface area contributed by atoms with Gasteiger partial charge in [0, 0.05) is 20.1 Å². The van der Waals surface area contributed by atoms with E-state index in [1.165, 1.54) is 11.3 Å². The first-order valence-corrected chi connectivity index (χ1v) is 7.70. The zero-order valence-electron chi connectivity index (χ0n) is 13.1. The molecule has 7 heteroatoms. The molecule has 1 amide bonds. The third-order valence-electron chi connectivity index (χ3n) is 3.32. The lowest BCUT2D eigenvalue weighted by Crippen LogP contribution is -2.42. The molecule has 2 heterocycles. The molecule has 2 aromatic rings. The number of carbonyl (C=O) groups is 1. The molecule has 0 aliphatic rings. The summed E-state index contributed by atoms with van der Waals surface area (Å²) in [6, 6.07) is 0. The zero-order chi connectivity index (χ0) is 15.9. The fourth-order valence-electron chi connectivity index (χ4n) is 2.43. The third kappa shape index (κ3) is 2.89. The summed E-state index contributed by atoms with van der Waals surface area (Å²) in [7, 11) is 1.84. The van der Waals surface area contributed by atoms with Crippen LogP contribution in [0.25, 0.3) is 10.2 Å². The van der Waals surface area contributed by atoms with E-state index in [1.54, 1.807) is 23.4 Å². The van der Waals surface area contributed by atoms with Gasteiger partial charge >= 0.3 is 0 Å². The van der Waals surface area contributed by atoms with Gasteiger partial charge in [0.1, 0.15) is 9.71 Å². The molecule has 0 fully saturated rings. The van der Waals surface area contributed by atoms with Crippen LogP contribution < -0.4 is 5.73 Å². The summed E-state index contributed by atoms with van der Waals surface area (Å²) >= 11 is 1.35. The number of fused-ring (bicyclic) bond motifs is 1. The molecular formula is C14H22N4O2S. The number of likely N-dealkylation sites (N-methyl/N-ethyl adjacent to an activating group) is 1. The quantitative estimate of drug-likeness (QED) is 0.901. The minimum atomic E-state index is -0.936. The molecule has 0 aliphatic heterocycles. The average Bonchev–Trinajstić information content (AvgIpc) is 2.84. The molecule has 0 aliphatic carbocycles. The van der Waals surface area contributed by atoms with E-state index in [2.05, 4.69) is 5.10 Å². The summed E-state index contributed by atoms with van der Waals surface area (Å²) in [6.07, 6.45) is 0. The minimum Gasteiger partial charge on any atom is -0.397 e. The number of thiophene rings is 1. The zero-order valence-corrected chi connectivity index (χ0v) is 13.9. The molecule has 0 unspecified atom stereocenters. The van der Waals surface area contributed by atoms with E-state index in [0.29, 0.717) is 17.1 Å². The standard InChI is InChI=1S/C14H22N4O2S/c1-6-18(7-14(3,4)20)12(19)11-10(15)9-8(2)16-17(5)13(9)21-11/h20H,6-7,15H2,1-5H3. The molecule has 0 radical (unpaired) electrons. The Morgan fingerprint density at radius 3 is 2.62 bits per heavy atom. The van der Waals surface area contributed by atoms with Crippen LogP contribution in [0.2, 0.25) is 0 Å². The first-order valence-electron chi connectivity index (χ1n) is 6.89. The molecular weight excluding hydrogens is 288 g/mol. The number of anilines is 1. The van der Waals surface area contributed by atoms with Gasteiger partial charge in [-0.05, 0) is 27.7 Å². The summed E-state index contributed by atoms with van der Waals surface area (Å²) in [5.41, 5.74) is 6.53. The molecule has 0 atom stereocenters. The summed E-state index contributed by atoms with van der Waals surface area (Å²) in [4.78, 5) is 15.7. The van der Waals surface area contributed by atoms with Gasteiger partial charge in [0.05, 0.1) is 22.4 Å². The van der Waals surface area contributed by atoms with Gasteiger partial charge < -0.3 is 15.7 Å². The summed E-state index contributed by atoms with van der Waals surface area (Å²) in [5, 5.41) is 15.1. The van der Waals surface area contributed by atoms with Gasteiger partial charge in [-0.15, -0.1) is 11.3 Å². The number of carbonyl (C=O) groups excluding carboxylic acids is 1. The van der Waals surface area contributed by atoms with E-state index in [0.717, 1.165) is 15.9 Å². The lowest BCUT2D eigenvalue weighted by Gasteiger charge is -2.27. The largest absolute Gasteiger partial charge is 0.397 e. The SMILES string of the molecule is CCN(CC(C)(C)O)C(=O)c1sc2c(c(C)nn2C)c1N. The molecule has 2 rings (SSSR count). The van der Waals surface area contributed by atoms with E-state index in [-0.39, 0.29) is 12.5 Å². The number of amides is 1. The second-order valence-electron chi connectivity index (χ2n) is 5.87. The number of aryl methyl sites for hydroxylation is 2. The highest BCUT2D eigenvalue weighted by Gasteiger charge is 2.27. The summed E-state index contributed by atoms with van der Waals surface area (Å²) in [6.45, 7) is 7.94. The number of aromatic nitrogens is 2. The van der Waals surface area contributed by atoms with Crippen LogP contribution in [-0.4, -0.2) is 44.4 Å². The van der Waals surface area contributed by atoms with Gasteiger partial charge in [-0.2, -0.15) is 5.10 Å². The monoisotopic (exact) mass is 310 g/mol. The average molecular weight is 310 g/mol. The molecule has 2 aromatic heterocycles. The van der Waals surface area contributed by atoms with Gasteiger partial charge in [-0.1, -0.05) is 0 Å². The van der Waals surface area contributed by atoms with Crippen molar-refractivity contribution in [1.29, 1.82) is 0 Å². The van der Waals surface area contributed by atoms with Crippen LogP contribution >= 0.6 is 11.3 Å². The molecule has 3 N–H and O–H groups in total. The normalized spacial score (nSPS) is 12.1. The van der Waals surface area contributed by atoms with Crippen LogP contribution in [0.4, 0.5) is 5.69 Å². The predicted molar refractivity (Wildman–Crippen MR) is 85.6 cm³/mol. The fraction of sp³-hybridized carbons (Fsp3) is 0.571. The van der Waals surface area contributed by atoms with Crippen molar-refractivity contribution in [2.75, 3.05) is 18.8 Å². The Balaban J connectivity index is 2.43. The molecule has 116 valence electrons. The van der Waals surface area contributed by atoms with Crippen molar-refractivity contribution in [2.45, 2.75) is 33.3 Å². The van der Waals surface area contributed by atoms with Gasteiger partial charge in [-0.3, -0.25) is 9.48 Å². The Bertz CT molecular complexity index is 681. The molecule has 0 saturated carbocycles. The van der Waals surface area contributed by atoms with Crippen molar-refractivity contribution in [2.24, 2.45) is 7.05 Å². The van der Waals surface area contributed by atoms with Crippen molar-refractivity contribution < 1.29 is 9.90 Å². The highest BCUT2D eigenvalue weighted by atomic mass is 32.1. The van der Waals surface area contributed by atoms with E-state index in [4.69, 9.17) is 5.73 Å². The number of nitrogens with zero attached hydrogens (tertiary/aromatic N) is 3. The van der Waals surface area contributed by atoms with Crippen LogP contribution in [0.15, 0.2) is 0 Å². The lowest BCUT2D eigenvalue weighted by molar-refractivity contribution is 0.0318. The minimum absolute atomic E-state index is 0.141. The van der Waals surface area contributed by atoms with Crippen LogP contribution in [-0.2, 0) is 7.05 Å². The maximum atomic E-state index is 12.7. The molecule has 0 bridgehead atoms. The molecule has 0 saturated heterocycles. The molecule has 0 aromatic carbocycles. The first-order chi connectivity index (χ1) is 9.65. The first kappa shape index (κ1) is 15.8. The maximum absolute atomic E-state index is 12.7. The number of rotatable bonds is 4. The second kappa shape index (κ2) is 5.31. The van der Waals surface area contributed by atoms with Crippen LogP contribution in [0, 0.1) is 6.92 Å². The molecule has 0 spiro atoms. The van der Waals surface area contributed by atoms with Crippen LogP contribution in [0.5, 0.6) is 0 Å². The molecule has 6 nitrogen and oxygen atoms in total. The maximum Gasteiger partial charge on any atom is 0.266 e. The smallest absolute Gasteiger partial charge is 0.266 e. The number of hydrogen-bond donors (Lipinski definition) is 2. The van der Waals surface area contributed by atoms with Gasteiger partial charge in [-0.25, -0.2) is 0 Å². The second-order valence-corrected chi connectivity index (χ2v) is 6.86. The Hall–Kier alpha value is -1.60. The Kier molecular flexibility index (Phi) is 3.99. The van der Waals surface area contributed by atoms with Crippen molar-refractivity contribution >= 4 is 33.1 Å². The van der Waals surface area contributed by atoms with Crippen LogP contribution in [0.3, 0.4) is 0 Å². The van der Waals surface area contributed by atoms with Crippen molar-refractivity contribution in [3.8, 4) is 0 Å². The number of nitrogens with two attached hydrogens (primary N) is 1. The number of hydrogen-bond acceptors (Lipinski definition) is 5. The van der Waals surface area contributed by atoms with E-state index >= 15 is 0 Å². The van der Waals surface area contributed by atoms with Gasteiger partial charge in [0.25, 0.3) is 5.91 Å². The lowest BCUT2D eigenvalue weighted by atomic mass is 10.1. The van der Waals surface area contributed by atoms with E-state index < -0.39 is 5.60 Å². The Labute approximate surface area is 128 Å². The van der Waals surface area contributed by atoms with E-state index in [1.807, 2.05) is 20.9 Å². The predicted octanol–water partition coefficient (Wildman–Crippen LogP) is 1.76. The van der Waals surface area contributed by atoms with Crippen molar-refractivity contribution in [1.82, 2.24) is 14.7 Å². The Morgan fingerprint density at radius 2 is 2.14 bits per heavy atom. The summed E-state index contributed by atoms with van der Waals surface area (Å²) in [5.74, 6) is -0.141. The number of aliphatic hydroxyl groups is 1. The third-order valence-corrected chi connectivity index (χ3v) is 4.58. The topological polar surface area (TPSA) is 84.4 Å². The fourth-order valence-corrected chi connectivity index (χ4v) is 3.58. The van der Waals surface area contributed by atoms with Crippen LogP contribution in [0.1, 0.15) is 36.1 Å². The van der Waals surface area contributed by atoms with Crippen molar-refractivity contribution in [3.05, 3.63) is 10.6 Å². The molecule has 21 heavy (non-hydrogen) atoms. The van der Waals surface area contributed by atoms with Gasteiger partial charge in [0.2, 0.25) is 0 Å². The highest BCUT2D eigenvalue weighted by molar-refractivity contribution is 7.21. The highest BCUT2D eigenvalue weighted by Crippen LogP contribution is 2.36.